The summed E-state index contributed by atoms with van der Waals surface area (Å²) in [5.41, 5.74) is 3.55. The summed E-state index contributed by atoms with van der Waals surface area (Å²) in [4.78, 5) is 2.58. The second-order valence-corrected chi connectivity index (χ2v) is 7.93. The average molecular weight is 398 g/mol. The van der Waals surface area contributed by atoms with Crippen molar-refractivity contribution in [3.05, 3.63) is 41.9 Å². The SMILES string of the molecule is CCn1cc(CN2CCCC(Cn3cc(COC)nn3)C2)c2cc(OC)ccc21. The quantitative estimate of drug-likeness (QED) is 0.584. The molecular weight excluding hydrogens is 366 g/mol. The highest BCUT2D eigenvalue weighted by molar-refractivity contribution is 5.85. The molecule has 7 heteroatoms. The molecule has 0 aliphatic carbocycles. The van der Waals surface area contributed by atoms with E-state index >= 15 is 0 Å². The summed E-state index contributed by atoms with van der Waals surface area (Å²) in [6.45, 7) is 7.80. The number of benzene rings is 1. The fraction of sp³-hybridized carbons (Fsp3) is 0.545. The number of ether oxygens (including phenoxy) is 2. The predicted molar refractivity (Wildman–Crippen MR) is 113 cm³/mol. The van der Waals surface area contributed by atoms with Gasteiger partial charge in [0.05, 0.1) is 19.9 Å². The lowest BCUT2D eigenvalue weighted by atomic mass is 9.97. The maximum atomic E-state index is 5.47. The van der Waals surface area contributed by atoms with Crippen molar-refractivity contribution in [3.63, 3.8) is 0 Å². The second kappa shape index (κ2) is 8.97. The Hall–Kier alpha value is -2.38. The molecule has 156 valence electrons. The third-order valence-electron chi connectivity index (χ3n) is 5.83. The molecule has 1 aromatic carbocycles. The topological polar surface area (TPSA) is 57.3 Å². The van der Waals surface area contributed by atoms with Gasteiger partial charge in [-0.2, -0.15) is 0 Å². The number of nitrogens with zero attached hydrogens (tertiary/aromatic N) is 5. The average Bonchev–Trinajstić information content (AvgIpc) is 3.32. The van der Waals surface area contributed by atoms with E-state index in [1.807, 2.05) is 16.9 Å². The van der Waals surface area contributed by atoms with E-state index in [1.54, 1.807) is 14.2 Å². The third-order valence-corrected chi connectivity index (χ3v) is 5.83. The van der Waals surface area contributed by atoms with Crippen molar-refractivity contribution < 1.29 is 9.47 Å². The van der Waals surface area contributed by atoms with Crippen molar-refractivity contribution >= 4 is 10.9 Å². The van der Waals surface area contributed by atoms with Crippen LogP contribution in [0.25, 0.3) is 10.9 Å². The number of piperidine rings is 1. The van der Waals surface area contributed by atoms with Crippen LogP contribution in [0.1, 0.15) is 31.0 Å². The van der Waals surface area contributed by atoms with Crippen LogP contribution < -0.4 is 4.74 Å². The molecule has 1 saturated heterocycles. The lowest BCUT2D eigenvalue weighted by Gasteiger charge is -2.32. The van der Waals surface area contributed by atoms with Gasteiger partial charge in [0.15, 0.2) is 0 Å². The van der Waals surface area contributed by atoms with Crippen LogP contribution in [0.15, 0.2) is 30.6 Å². The van der Waals surface area contributed by atoms with Gasteiger partial charge in [-0.15, -0.1) is 5.10 Å². The molecule has 0 saturated carbocycles. The van der Waals surface area contributed by atoms with Crippen molar-refractivity contribution in [1.29, 1.82) is 0 Å². The highest BCUT2D eigenvalue weighted by Crippen LogP contribution is 2.28. The number of aryl methyl sites for hydroxylation is 1. The summed E-state index contributed by atoms with van der Waals surface area (Å²) >= 11 is 0. The van der Waals surface area contributed by atoms with Crippen LogP contribution in [0.5, 0.6) is 5.75 Å². The molecule has 0 spiro atoms. The lowest BCUT2D eigenvalue weighted by molar-refractivity contribution is 0.153. The van der Waals surface area contributed by atoms with E-state index in [2.05, 4.69) is 45.0 Å². The minimum absolute atomic E-state index is 0.516. The molecule has 2 aromatic heterocycles. The first kappa shape index (κ1) is 19.9. The molecule has 4 rings (SSSR count). The molecule has 0 amide bonds. The van der Waals surface area contributed by atoms with E-state index in [4.69, 9.17) is 9.47 Å². The lowest BCUT2D eigenvalue weighted by Crippen LogP contribution is -2.36. The zero-order valence-electron chi connectivity index (χ0n) is 17.7. The smallest absolute Gasteiger partial charge is 0.119 e. The molecule has 7 nitrogen and oxygen atoms in total. The number of hydrogen-bond donors (Lipinski definition) is 0. The largest absolute Gasteiger partial charge is 0.497 e. The molecule has 0 N–H and O–H groups in total. The molecule has 1 aliphatic rings. The van der Waals surface area contributed by atoms with Gasteiger partial charge >= 0.3 is 0 Å². The van der Waals surface area contributed by atoms with Gasteiger partial charge in [0.25, 0.3) is 0 Å². The van der Waals surface area contributed by atoms with Crippen molar-refractivity contribution in [2.45, 2.75) is 46.0 Å². The Kier molecular flexibility index (Phi) is 6.16. The first-order valence-corrected chi connectivity index (χ1v) is 10.5. The monoisotopic (exact) mass is 397 g/mol. The van der Waals surface area contributed by atoms with Crippen molar-refractivity contribution in [2.24, 2.45) is 5.92 Å². The van der Waals surface area contributed by atoms with Crippen LogP contribution in [0.4, 0.5) is 0 Å². The van der Waals surface area contributed by atoms with E-state index in [9.17, 15) is 0 Å². The fourth-order valence-electron chi connectivity index (χ4n) is 4.46. The van der Waals surface area contributed by atoms with Crippen LogP contribution in [-0.4, -0.2) is 51.8 Å². The van der Waals surface area contributed by atoms with Crippen molar-refractivity contribution in [1.82, 2.24) is 24.5 Å². The number of likely N-dealkylation sites (tertiary alicyclic amines) is 1. The first-order valence-electron chi connectivity index (χ1n) is 10.5. The van der Waals surface area contributed by atoms with E-state index in [-0.39, 0.29) is 0 Å². The Morgan fingerprint density at radius 1 is 1.21 bits per heavy atom. The molecule has 1 aliphatic heterocycles. The molecule has 1 unspecified atom stereocenters. The van der Waals surface area contributed by atoms with Crippen LogP contribution in [0, 0.1) is 5.92 Å². The third kappa shape index (κ3) is 4.46. The summed E-state index contributed by atoms with van der Waals surface area (Å²) < 4.78 is 14.9. The Labute approximate surface area is 172 Å². The molecule has 29 heavy (non-hydrogen) atoms. The van der Waals surface area contributed by atoms with Crippen LogP contribution in [-0.2, 0) is 31.0 Å². The summed E-state index contributed by atoms with van der Waals surface area (Å²) in [5, 5.41) is 9.74. The number of methoxy groups -OCH3 is 2. The molecule has 3 heterocycles. The van der Waals surface area contributed by atoms with Crippen LogP contribution in [0.3, 0.4) is 0 Å². The molecule has 3 aromatic rings. The molecule has 0 radical (unpaired) electrons. The number of fused-ring (bicyclic) bond motifs is 1. The maximum Gasteiger partial charge on any atom is 0.119 e. The number of hydrogen-bond acceptors (Lipinski definition) is 5. The van der Waals surface area contributed by atoms with Crippen molar-refractivity contribution in [3.8, 4) is 5.75 Å². The minimum atomic E-state index is 0.516. The van der Waals surface area contributed by atoms with Gasteiger partial charge in [0.2, 0.25) is 0 Å². The summed E-state index contributed by atoms with van der Waals surface area (Å²) in [6.07, 6.45) is 6.77. The standard InChI is InChI=1S/C22H31N5O2/c1-4-26-14-18(21-10-20(29-3)7-8-22(21)26)13-25-9-5-6-17(11-25)12-27-15-19(16-28-2)23-24-27/h7-8,10,14-15,17H,4-6,9,11-13,16H2,1-3H3. The highest BCUT2D eigenvalue weighted by Gasteiger charge is 2.22. The summed E-state index contributed by atoms with van der Waals surface area (Å²) in [6, 6.07) is 6.39. The van der Waals surface area contributed by atoms with Crippen LogP contribution in [0.2, 0.25) is 0 Å². The maximum absolute atomic E-state index is 5.47. The van der Waals surface area contributed by atoms with E-state index < -0.39 is 0 Å². The zero-order chi connectivity index (χ0) is 20.2. The number of rotatable bonds is 8. The number of aromatic nitrogens is 4. The van der Waals surface area contributed by atoms with Gasteiger partial charge in [-0.25, -0.2) is 0 Å². The fourth-order valence-corrected chi connectivity index (χ4v) is 4.46. The predicted octanol–water partition coefficient (Wildman–Crippen LogP) is 3.32. The Morgan fingerprint density at radius 3 is 2.90 bits per heavy atom. The van der Waals surface area contributed by atoms with E-state index in [0.717, 1.165) is 44.2 Å². The van der Waals surface area contributed by atoms with E-state index in [0.29, 0.717) is 12.5 Å². The van der Waals surface area contributed by atoms with Gasteiger partial charge in [0.1, 0.15) is 11.4 Å². The molecule has 1 fully saturated rings. The van der Waals surface area contributed by atoms with Gasteiger partial charge < -0.3 is 14.0 Å². The zero-order valence-corrected chi connectivity index (χ0v) is 17.7. The molecule has 0 bridgehead atoms. The minimum Gasteiger partial charge on any atom is -0.497 e. The molecular formula is C22H31N5O2. The van der Waals surface area contributed by atoms with E-state index in [1.165, 1.54) is 29.3 Å². The Bertz CT molecular complexity index is 948. The Balaban J connectivity index is 1.46. The van der Waals surface area contributed by atoms with Gasteiger partial charge in [-0.05, 0) is 56.0 Å². The summed E-state index contributed by atoms with van der Waals surface area (Å²) in [7, 11) is 3.41. The molecule has 1 atom stereocenters. The van der Waals surface area contributed by atoms with Crippen molar-refractivity contribution in [2.75, 3.05) is 27.3 Å². The van der Waals surface area contributed by atoms with Gasteiger partial charge in [-0.1, -0.05) is 5.21 Å². The normalized spacial score (nSPS) is 17.8. The second-order valence-electron chi connectivity index (χ2n) is 7.93. The first-order chi connectivity index (χ1) is 14.2. The summed E-state index contributed by atoms with van der Waals surface area (Å²) in [5.74, 6) is 1.51. The van der Waals surface area contributed by atoms with Gasteiger partial charge in [0, 0.05) is 50.4 Å². The van der Waals surface area contributed by atoms with Gasteiger partial charge in [-0.3, -0.25) is 9.58 Å². The van der Waals surface area contributed by atoms with Crippen LogP contribution >= 0.6 is 0 Å². The Morgan fingerprint density at radius 2 is 2.10 bits per heavy atom. The highest BCUT2D eigenvalue weighted by atomic mass is 16.5.